The van der Waals surface area contributed by atoms with Crippen molar-refractivity contribution < 1.29 is 28.9 Å². The highest BCUT2D eigenvalue weighted by atomic mass is 35.5. The van der Waals surface area contributed by atoms with Crippen molar-refractivity contribution in [2.24, 2.45) is 0 Å². The Hall–Kier alpha value is -4.48. The predicted octanol–water partition coefficient (Wildman–Crippen LogP) is 5.64. The topological polar surface area (TPSA) is 109 Å². The second-order valence-electron chi connectivity index (χ2n) is 8.44. The fraction of sp³-hybridized carbons (Fsp3) is 0.207. The summed E-state index contributed by atoms with van der Waals surface area (Å²) < 4.78 is 16.5. The van der Waals surface area contributed by atoms with Gasteiger partial charge in [0.1, 0.15) is 23.0 Å². The van der Waals surface area contributed by atoms with Crippen molar-refractivity contribution in [1.82, 2.24) is 0 Å². The smallest absolute Gasteiger partial charge is 0.300 e. The number of nitriles is 1. The number of aliphatic hydroxyl groups is 1. The third-order valence-electron chi connectivity index (χ3n) is 6.09. The lowest BCUT2D eigenvalue weighted by Gasteiger charge is -2.26. The minimum absolute atomic E-state index is 0.134. The van der Waals surface area contributed by atoms with Gasteiger partial charge in [-0.2, -0.15) is 5.26 Å². The molecule has 194 valence electrons. The van der Waals surface area contributed by atoms with Crippen LogP contribution in [0.25, 0.3) is 5.76 Å². The monoisotopic (exact) mass is 532 g/mol. The molecule has 0 radical (unpaired) electrons. The zero-order valence-corrected chi connectivity index (χ0v) is 21.8. The van der Waals surface area contributed by atoms with E-state index in [4.69, 9.17) is 25.8 Å². The third-order valence-corrected chi connectivity index (χ3v) is 6.39. The number of rotatable bonds is 8. The van der Waals surface area contributed by atoms with E-state index in [-0.39, 0.29) is 27.7 Å². The predicted molar refractivity (Wildman–Crippen MR) is 143 cm³/mol. The number of Topliss-reactive ketones (excluding diaryl/α,β-unsaturated/α-hetero) is 1. The molecule has 9 heteroatoms. The highest BCUT2D eigenvalue weighted by molar-refractivity contribution is 6.51. The van der Waals surface area contributed by atoms with Gasteiger partial charge in [0, 0.05) is 11.8 Å². The van der Waals surface area contributed by atoms with E-state index in [0.29, 0.717) is 29.2 Å². The molecule has 1 aliphatic rings. The maximum atomic E-state index is 13.5. The Balaban J connectivity index is 1.97. The molecule has 8 nitrogen and oxygen atoms in total. The van der Waals surface area contributed by atoms with Crippen LogP contribution in [0.1, 0.15) is 36.1 Å². The number of hydrogen-bond donors (Lipinski definition) is 1. The SMILES string of the molecule is CCCOc1cccc(C2/C(=C(\O)c3cc(OC)c(Cl)cc3OC)C(=O)C(=O)N2c2ccc(C#N)cc2)c1. The van der Waals surface area contributed by atoms with Crippen LogP contribution in [0.2, 0.25) is 5.02 Å². The number of methoxy groups -OCH3 is 2. The first-order chi connectivity index (χ1) is 18.3. The third kappa shape index (κ3) is 4.89. The molecule has 1 saturated heterocycles. The van der Waals surface area contributed by atoms with Gasteiger partial charge in [0.2, 0.25) is 0 Å². The second kappa shape index (κ2) is 11.3. The molecule has 0 spiro atoms. The van der Waals surface area contributed by atoms with E-state index in [1.54, 1.807) is 48.5 Å². The molecule has 0 bridgehead atoms. The first-order valence-corrected chi connectivity index (χ1v) is 12.2. The average molecular weight is 533 g/mol. The Labute approximate surface area is 225 Å². The quantitative estimate of drug-likeness (QED) is 0.227. The summed E-state index contributed by atoms with van der Waals surface area (Å²) in [6, 6.07) is 17.2. The van der Waals surface area contributed by atoms with Crippen molar-refractivity contribution in [3.8, 4) is 23.3 Å². The van der Waals surface area contributed by atoms with Gasteiger partial charge in [-0.25, -0.2) is 0 Å². The first kappa shape index (κ1) is 26.6. The number of carbonyl (C=O) groups is 2. The molecule has 1 amide bonds. The van der Waals surface area contributed by atoms with E-state index in [1.807, 2.05) is 13.0 Å². The number of hydrogen-bond acceptors (Lipinski definition) is 7. The molecular weight excluding hydrogens is 508 g/mol. The van der Waals surface area contributed by atoms with Gasteiger partial charge in [0.25, 0.3) is 11.7 Å². The molecule has 1 heterocycles. The number of carbonyl (C=O) groups excluding carboxylic acids is 2. The van der Waals surface area contributed by atoms with Gasteiger partial charge in [-0.1, -0.05) is 30.7 Å². The lowest BCUT2D eigenvalue weighted by molar-refractivity contribution is -0.132. The van der Waals surface area contributed by atoms with Crippen molar-refractivity contribution in [3.05, 3.63) is 87.9 Å². The lowest BCUT2D eigenvalue weighted by atomic mass is 9.94. The summed E-state index contributed by atoms with van der Waals surface area (Å²) in [6.45, 7) is 2.47. The lowest BCUT2D eigenvalue weighted by Crippen LogP contribution is -2.29. The van der Waals surface area contributed by atoms with Crippen molar-refractivity contribution in [3.63, 3.8) is 0 Å². The van der Waals surface area contributed by atoms with E-state index in [9.17, 15) is 20.0 Å². The molecule has 1 N–H and O–H groups in total. The van der Waals surface area contributed by atoms with Gasteiger partial charge < -0.3 is 19.3 Å². The summed E-state index contributed by atoms with van der Waals surface area (Å²) in [5, 5.41) is 21.0. The van der Waals surface area contributed by atoms with Gasteiger partial charge in [-0.05, 0) is 54.4 Å². The summed E-state index contributed by atoms with van der Waals surface area (Å²) in [7, 11) is 2.82. The van der Waals surface area contributed by atoms with Crippen LogP contribution in [0.3, 0.4) is 0 Å². The molecule has 1 unspecified atom stereocenters. The number of halogens is 1. The summed E-state index contributed by atoms with van der Waals surface area (Å²) in [5.74, 6) is -1.16. The van der Waals surface area contributed by atoms with Crippen LogP contribution in [0.4, 0.5) is 5.69 Å². The van der Waals surface area contributed by atoms with Crippen LogP contribution in [0.15, 0.2) is 66.2 Å². The Morgan fingerprint density at radius 3 is 2.39 bits per heavy atom. The number of benzene rings is 3. The summed E-state index contributed by atoms with van der Waals surface area (Å²) in [6.07, 6.45) is 0.798. The van der Waals surface area contributed by atoms with Crippen LogP contribution in [-0.4, -0.2) is 37.6 Å². The highest BCUT2D eigenvalue weighted by Crippen LogP contribution is 2.45. The van der Waals surface area contributed by atoms with Crippen molar-refractivity contribution in [2.75, 3.05) is 25.7 Å². The maximum Gasteiger partial charge on any atom is 0.300 e. The Bertz CT molecular complexity index is 1460. The van der Waals surface area contributed by atoms with Crippen LogP contribution in [0, 0.1) is 11.3 Å². The average Bonchev–Trinajstić information content (AvgIpc) is 3.21. The molecule has 1 aliphatic heterocycles. The Kier molecular flexibility index (Phi) is 7.89. The first-order valence-electron chi connectivity index (χ1n) is 11.8. The molecule has 0 aromatic heterocycles. The minimum atomic E-state index is -1.00. The molecule has 1 atom stereocenters. The van der Waals surface area contributed by atoms with E-state index in [2.05, 4.69) is 0 Å². The second-order valence-corrected chi connectivity index (χ2v) is 8.84. The van der Waals surface area contributed by atoms with E-state index in [1.165, 1.54) is 31.3 Å². The summed E-state index contributed by atoms with van der Waals surface area (Å²) in [5.41, 5.74) is 1.32. The van der Waals surface area contributed by atoms with Crippen molar-refractivity contribution in [1.29, 1.82) is 5.26 Å². The van der Waals surface area contributed by atoms with E-state index < -0.39 is 23.5 Å². The fourth-order valence-electron chi connectivity index (χ4n) is 4.30. The standard InChI is InChI=1S/C29H25ClN2O6/c1-4-12-38-20-7-5-6-18(13-20)26-25(27(33)21-14-24(37-3)22(30)15-23(21)36-2)28(34)29(35)32(26)19-10-8-17(16-31)9-11-19/h5-11,13-15,26,33H,4,12H2,1-3H3/b27-25+. The van der Waals surface area contributed by atoms with E-state index in [0.717, 1.165) is 6.42 Å². The Morgan fingerprint density at radius 1 is 1.05 bits per heavy atom. The normalized spacial score (nSPS) is 16.3. The molecule has 38 heavy (non-hydrogen) atoms. The highest BCUT2D eigenvalue weighted by Gasteiger charge is 2.47. The van der Waals surface area contributed by atoms with Crippen molar-refractivity contribution in [2.45, 2.75) is 19.4 Å². The van der Waals surface area contributed by atoms with Gasteiger partial charge in [-0.3, -0.25) is 14.5 Å². The maximum absolute atomic E-state index is 13.5. The molecule has 1 fully saturated rings. The largest absolute Gasteiger partial charge is 0.507 e. The summed E-state index contributed by atoms with van der Waals surface area (Å²) >= 11 is 6.24. The number of nitrogens with zero attached hydrogens (tertiary/aromatic N) is 2. The zero-order valence-electron chi connectivity index (χ0n) is 21.0. The number of ketones is 1. The molecule has 4 rings (SSSR count). The van der Waals surface area contributed by atoms with Crippen LogP contribution in [0.5, 0.6) is 17.2 Å². The number of aliphatic hydroxyl groups excluding tert-OH is 1. The van der Waals surface area contributed by atoms with Crippen LogP contribution >= 0.6 is 11.6 Å². The van der Waals surface area contributed by atoms with Gasteiger partial charge in [0.05, 0.1) is 54.7 Å². The van der Waals surface area contributed by atoms with E-state index >= 15 is 0 Å². The van der Waals surface area contributed by atoms with Gasteiger partial charge in [0.15, 0.2) is 0 Å². The van der Waals surface area contributed by atoms with Crippen LogP contribution in [-0.2, 0) is 9.59 Å². The summed E-state index contributed by atoms with van der Waals surface area (Å²) in [4.78, 5) is 28.2. The van der Waals surface area contributed by atoms with Gasteiger partial charge in [-0.15, -0.1) is 0 Å². The minimum Gasteiger partial charge on any atom is -0.507 e. The number of ether oxygens (including phenoxy) is 3. The molecule has 0 saturated carbocycles. The molecular formula is C29H25ClN2O6. The number of amides is 1. The number of anilines is 1. The van der Waals surface area contributed by atoms with Crippen LogP contribution < -0.4 is 19.1 Å². The molecule has 0 aliphatic carbocycles. The fourth-order valence-corrected chi connectivity index (χ4v) is 4.53. The van der Waals surface area contributed by atoms with Gasteiger partial charge >= 0.3 is 0 Å². The molecule has 3 aromatic carbocycles. The zero-order chi connectivity index (χ0) is 27.4. The Morgan fingerprint density at radius 2 is 1.76 bits per heavy atom. The van der Waals surface area contributed by atoms with Crippen molar-refractivity contribution >= 4 is 34.7 Å². The molecule has 3 aromatic rings.